The SMILES string of the molecule is O=C(O)c1cc2ccccc2n1CCN1CCOCC1. The van der Waals surface area contributed by atoms with Gasteiger partial charge in [0.15, 0.2) is 0 Å². The van der Waals surface area contributed by atoms with Crippen molar-refractivity contribution >= 4 is 16.9 Å². The summed E-state index contributed by atoms with van der Waals surface area (Å²) in [6.45, 7) is 4.90. The van der Waals surface area contributed by atoms with Crippen LogP contribution < -0.4 is 0 Å². The molecule has 0 atom stereocenters. The number of hydrogen-bond acceptors (Lipinski definition) is 3. The number of fused-ring (bicyclic) bond motifs is 1. The number of aromatic nitrogens is 1. The monoisotopic (exact) mass is 274 g/mol. The fourth-order valence-corrected chi connectivity index (χ4v) is 2.69. The molecule has 0 saturated carbocycles. The van der Waals surface area contributed by atoms with Crippen molar-refractivity contribution in [3.63, 3.8) is 0 Å². The molecule has 0 amide bonds. The molecule has 1 aliphatic rings. The molecule has 3 rings (SSSR count). The Kier molecular flexibility index (Phi) is 3.71. The minimum Gasteiger partial charge on any atom is -0.477 e. The highest BCUT2D eigenvalue weighted by molar-refractivity contribution is 5.94. The van der Waals surface area contributed by atoms with Crippen molar-refractivity contribution in [3.05, 3.63) is 36.0 Å². The van der Waals surface area contributed by atoms with Crippen molar-refractivity contribution in [3.8, 4) is 0 Å². The molecule has 1 aliphatic heterocycles. The maximum Gasteiger partial charge on any atom is 0.352 e. The molecule has 106 valence electrons. The van der Waals surface area contributed by atoms with Gasteiger partial charge in [-0.25, -0.2) is 4.79 Å². The van der Waals surface area contributed by atoms with E-state index in [1.54, 1.807) is 6.07 Å². The van der Waals surface area contributed by atoms with Crippen LogP contribution >= 0.6 is 0 Å². The Bertz CT molecular complexity index is 615. The minimum atomic E-state index is -0.872. The molecule has 0 bridgehead atoms. The summed E-state index contributed by atoms with van der Waals surface area (Å²) in [5.41, 5.74) is 1.35. The van der Waals surface area contributed by atoms with Crippen molar-refractivity contribution in [2.75, 3.05) is 32.8 Å². The van der Waals surface area contributed by atoms with Crippen molar-refractivity contribution in [1.82, 2.24) is 9.47 Å². The van der Waals surface area contributed by atoms with E-state index in [4.69, 9.17) is 4.74 Å². The van der Waals surface area contributed by atoms with Gasteiger partial charge in [0.1, 0.15) is 5.69 Å². The van der Waals surface area contributed by atoms with Crippen LogP contribution in [-0.2, 0) is 11.3 Å². The number of aromatic carboxylic acids is 1. The van der Waals surface area contributed by atoms with Gasteiger partial charge >= 0.3 is 5.97 Å². The lowest BCUT2D eigenvalue weighted by Gasteiger charge is -2.27. The van der Waals surface area contributed by atoms with E-state index in [-0.39, 0.29) is 0 Å². The zero-order valence-electron chi connectivity index (χ0n) is 11.3. The highest BCUT2D eigenvalue weighted by Gasteiger charge is 2.16. The second-order valence-corrected chi connectivity index (χ2v) is 5.00. The molecule has 2 aromatic rings. The molecule has 0 unspecified atom stereocenters. The van der Waals surface area contributed by atoms with E-state index in [1.807, 2.05) is 28.8 Å². The Balaban J connectivity index is 1.84. The molecular formula is C15H18N2O3. The van der Waals surface area contributed by atoms with Gasteiger partial charge in [-0.2, -0.15) is 0 Å². The number of para-hydroxylation sites is 1. The summed E-state index contributed by atoms with van der Waals surface area (Å²) in [6.07, 6.45) is 0. The lowest BCUT2D eigenvalue weighted by Crippen LogP contribution is -2.38. The smallest absolute Gasteiger partial charge is 0.352 e. The summed E-state index contributed by atoms with van der Waals surface area (Å²) >= 11 is 0. The van der Waals surface area contributed by atoms with Gasteiger partial charge in [0.05, 0.1) is 13.2 Å². The first-order valence-corrected chi connectivity index (χ1v) is 6.87. The third-order valence-electron chi connectivity index (χ3n) is 3.77. The van der Waals surface area contributed by atoms with E-state index in [2.05, 4.69) is 4.90 Å². The summed E-state index contributed by atoms with van der Waals surface area (Å²) in [7, 11) is 0. The van der Waals surface area contributed by atoms with Crippen LogP contribution in [0.25, 0.3) is 10.9 Å². The van der Waals surface area contributed by atoms with E-state index >= 15 is 0 Å². The van der Waals surface area contributed by atoms with Gasteiger partial charge in [0.25, 0.3) is 0 Å². The number of carboxylic acid groups (broad SMARTS) is 1. The zero-order chi connectivity index (χ0) is 13.9. The fraction of sp³-hybridized carbons (Fsp3) is 0.400. The predicted octanol–water partition coefficient (Wildman–Crippen LogP) is 1.67. The predicted molar refractivity (Wildman–Crippen MR) is 76.2 cm³/mol. The summed E-state index contributed by atoms with van der Waals surface area (Å²) in [5, 5.41) is 10.3. The lowest BCUT2D eigenvalue weighted by atomic mass is 10.2. The number of hydrogen-bond donors (Lipinski definition) is 1. The standard InChI is InChI=1S/C15H18N2O3/c18-15(19)14-11-12-3-1-2-4-13(12)17(14)6-5-16-7-9-20-10-8-16/h1-4,11H,5-10H2,(H,18,19). The maximum atomic E-state index is 11.4. The molecule has 1 aromatic carbocycles. The number of carboxylic acids is 1. The average Bonchev–Trinajstić information content (AvgIpc) is 2.85. The third-order valence-corrected chi connectivity index (χ3v) is 3.77. The largest absolute Gasteiger partial charge is 0.477 e. The quantitative estimate of drug-likeness (QED) is 0.921. The minimum absolute atomic E-state index is 0.361. The Labute approximate surface area is 117 Å². The van der Waals surface area contributed by atoms with Gasteiger partial charge in [-0.1, -0.05) is 18.2 Å². The fourth-order valence-electron chi connectivity index (χ4n) is 2.69. The van der Waals surface area contributed by atoms with Gasteiger partial charge in [0.2, 0.25) is 0 Å². The Morgan fingerprint density at radius 2 is 1.95 bits per heavy atom. The molecule has 1 N–H and O–H groups in total. The van der Waals surface area contributed by atoms with Gasteiger partial charge in [-0.05, 0) is 12.1 Å². The molecule has 1 saturated heterocycles. The van der Waals surface area contributed by atoms with Crippen molar-refractivity contribution in [2.24, 2.45) is 0 Å². The highest BCUT2D eigenvalue weighted by Crippen LogP contribution is 2.20. The van der Waals surface area contributed by atoms with Crippen molar-refractivity contribution in [2.45, 2.75) is 6.54 Å². The van der Waals surface area contributed by atoms with Crippen LogP contribution in [0.15, 0.2) is 30.3 Å². The Morgan fingerprint density at radius 3 is 2.70 bits per heavy atom. The molecule has 0 spiro atoms. The van der Waals surface area contributed by atoms with Gasteiger partial charge in [-0.15, -0.1) is 0 Å². The molecule has 1 aromatic heterocycles. The van der Waals surface area contributed by atoms with Gasteiger partial charge in [-0.3, -0.25) is 4.90 Å². The average molecular weight is 274 g/mol. The third kappa shape index (κ3) is 2.55. The van der Waals surface area contributed by atoms with Crippen LogP contribution in [0, 0.1) is 0 Å². The number of morpholine rings is 1. The maximum absolute atomic E-state index is 11.4. The van der Waals surface area contributed by atoms with E-state index in [1.165, 1.54) is 0 Å². The second-order valence-electron chi connectivity index (χ2n) is 5.00. The van der Waals surface area contributed by atoms with Crippen LogP contribution in [0.2, 0.25) is 0 Å². The topological polar surface area (TPSA) is 54.7 Å². The van der Waals surface area contributed by atoms with Crippen LogP contribution in [-0.4, -0.2) is 53.4 Å². The first-order chi connectivity index (χ1) is 9.75. The highest BCUT2D eigenvalue weighted by atomic mass is 16.5. The second kappa shape index (κ2) is 5.64. The lowest BCUT2D eigenvalue weighted by molar-refractivity contribution is 0.0362. The zero-order valence-corrected chi connectivity index (χ0v) is 11.3. The van der Waals surface area contributed by atoms with Gasteiger partial charge < -0.3 is 14.4 Å². The van der Waals surface area contributed by atoms with E-state index in [0.717, 1.165) is 43.8 Å². The molecule has 5 heteroatoms. The summed E-state index contributed by atoms with van der Waals surface area (Å²) in [6, 6.07) is 9.55. The van der Waals surface area contributed by atoms with Crippen LogP contribution in [0.5, 0.6) is 0 Å². The Morgan fingerprint density at radius 1 is 1.20 bits per heavy atom. The molecule has 1 fully saturated rings. The summed E-state index contributed by atoms with van der Waals surface area (Å²) < 4.78 is 7.22. The number of carbonyl (C=O) groups is 1. The number of nitrogens with zero attached hydrogens (tertiary/aromatic N) is 2. The molecular weight excluding hydrogens is 256 g/mol. The van der Waals surface area contributed by atoms with E-state index in [9.17, 15) is 9.90 Å². The molecule has 0 aliphatic carbocycles. The molecule has 5 nitrogen and oxygen atoms in total. The molecule has 2 heterocycles. The van der Waals surface area contributed by atoms with Crippen LogP contribution in [0.1, 0.15) is 10.5 Å². The van der Waals surface area contributed by atoms with Crippen molar-refractivity contribution < 1.29 is 14.6 Å². The molecule has 20 heavy (non-hydrogen) atoms. The van der Waals surface area contributed by atoms with E-state index in [0.29, 0.717) is 12.2 Å². The first kappa shape index (κ1) is 13.1. The van der Waals surface area contributed by atoms with Gasteiger partial charge in [0, 0.05) is 37.1 Å². The van der Waals surface area contributed by atoms with Crippen LogP contribution in [0.3, 0.4) is 0 Å². The summed E-state index contributed by atoms with van der Waals surface area (Å²) in [5.74, 6) is -0.872. The van der Waals surface area contributed by atoms with Crippen molar-refractivity contribution in [1.29, 1.82) is 0 Å². The number of ether oxygens (including phenoxy) is 1. The Hall–Kier alpha value is -1.85. The van der Waals surface area contributed by atoms with E-state index < -0.39 is 5.97 Å². The molecule has 0 radical (unpaired) electrons. The first-order valence-electron chi connectivity index (χ1n) is 6.87. The van der Waals surface area contributed by atoms with Crippen LogP contribution in [0.4, 0.5) is 0 Å². The normalized spacial score (nSPS) is 16.6. The number of rotatable bonds is 4. The summed E-state index contributed by atoms with van der Waals surface area (Å²) in [4.78, 5) is 13.7. The number of benzene rings is 1.